The summed E-state index contributed by atoms with van der Waals surface area (Å²) >= 11 is 0. The van der Waals surface area contributed by atoms with E-state index >= 15 is 0 Å². The van der Waals surface area contributed by atoms with Crippen LogP contribution in [0.3, 0.4) is 0 Å². The Morgan fingerprint density at radius 1 is 1.06 bits per heavy atom. The second kappa shape index (κ2) is 7.27. The molecule has 0 fully saturated rings. The highest BCUT2D eigenvalue weighted by Gasteiger charge is 2.34. The third-order valence-corrected chi connectivity index (χ3v) is 7.56. The first-order chi connectivity index (χ1) is 15.2. The SMILES string of the molecule is CCc1cc2c3c([nH]c2cc1S(=O)(=O)Nc1ccc2c(c1)OCCO2)CC(C)(C)CC3=O. The van der Waals surface area contributed by atoms with Crippen molar-refractivity contribution >= 4 is 32.4 Å². The number of benzene rings is 2. The molecule has 0 spiro atoms. The minimum absolute atomic E-state index is 0.106. The Morgan fingerprint density at radius 3 is 2.56 bits per heavy atom. The number of fused-ring (bicyclic) bond motifs is 4. The van der Waals surface area contributed by atoms with E-state index in [0.717, 1.165) is 17.5 Å². The average molecular weight is 455 g/mol. The summed E-state index contributed by atoms with van der Waals surface area (Å²) < 4.78 is 40.4. The van der Waals surface area contributed by atoms with Crippen LogP contribution in [0.4, 0.5) is 5.69 Å². The van der Waals surface area contributed by atoms with Crippen molar-refractivity contribution in [2.75, 3.05) is 17.9 Å². The van der Waals surface area contributed by atoms with Gasteiger partial charge in [0.05, 0.1) is 10.6 Å². The molecule has 2 aliphatic rings. The lowest BCUT2D eigenvalue weighted by molar-refractivity contribution is 0.0913. The Balaban J connectivity index is 1.56. The highest BCUT2D eigenvalue weighted by molar-refractivity contribution is 7.92. The van der Waals surface area contributed by atoms with Crippen molar-refractivity contribution in [2.24, 2.45) is 5.41 Å². The predicted octanol–water partition coefficient (Wildman–Crippen LogP) is 4.46. The third kappa shape index (κ3) is 3.52. The molecule has 7 nitrogen and oxygen atoms in total. The number of ether oxygens (including phenoxy) is 2. The number of ketones is 1. The molecule has 0 amide bonds. The zero-order valence-electron chi connectivity index (χ0n) is 18.4. The molecule has 168 valence electrons. The highest BCUT2D eigenvalue weighted by atomic mass is 32.2. The topological polar surface area (TPSA) is 97.5 Å². The molecule has 1 aliphatic heterocycles. The van der Waals surface area contributed by atoms with Crippen molar-refractivity contribution in [1.82, 2.24) is 4.98 Å². The van der Waals surface area contributed by atoms with Gasteiger partial charge in [0.25, 0.3) is 10.0 Å². The standard InChI is InChI=1S/C24H26N2O5S/c1-4-14-9-16-17(25-18-12-24(2,3)13-19(27)23(16)18)11-22(14)32(28,29)26-15-5-6-20-21(10-15)31-8-7-30-20/h5-6,9-11,25-26H,4,7-8,12-13H2,1-3H3. The molecule has 2 aromatic carbocycles. The molecule has 5 rings (SSSR count). The number of carbonyl (C=O) groups is 1. The summed E-state index contributed by atoms with van der Waals surface area (Å²) in [5.41, 5.74) is 3.21. The minimum Gasteiger partial charge on any atom is -0.486 e. The van der Waals surface area contributed by atoms with Crippen LogP contribution in [0.15, 0.2) is 35.2 Å². The van der Waals surface area contributed by atoms with Gasteiger partial charge in [-0.3, -0.25) is 9.52 Å². The van der Waals surface area contributed by atoms with Crippen molar-refractivity contribution in [2.45, 2.75) is 44.9 Å². The number of H-pyrrole nitrogens is 1. The number of sulfonamides is 1. The van der Waals surface area contributed by atoms with Crippen LogP contribution in [0.2, 0.25) is 0 Å². The van der Waals surface area contributed by atoms with Gasteiger partial charge in [0.1, 0.15) is 13.2 Å². The van der Waals surface area contributed by atoms with Crippen molar-refractivity contribution in [3.05, 3.63) is 47.2 Å². The molecular formula is C24H26N2O5S. The van der Waals surface area contributed by atoms with E-state index in [-0.39, 0.29) is 16.1 Å². The lowest BCUT2D eigenvalue weighted by atomic mass is 9.76. The number of nitrogens with one attached hydrogen (secondary N) is 2. The first-order valence-electron chi connectivity index (χ1n) is 10.8. The molecule has 0 atom stereocenters. The van der Waals surface area contributed by atoms with Gasteiger partial charge in [-0.05, 0) is 48.1 Å². The van der Waals surface area contributed by atoms with E-state index in [1.165, 1.54) is 0 Å². The van der Waals surface area contributed by atoms with E-state index in [1.54, 1.807) is 24.3 Å². The molecule has 0 radical (unpaired) electrons. The number of anilines is 1. The Labute approximate surface area is 187 Å². The molecule has 32 heavy (non-hydrogen) atoms. The summed E-state index contributed by atoms with van der Waals surface area (Å²) in [7, 11) is -3.86. The van der Waals surface area contributed by atoms with Gasteiger partial charge >= 0.3 is 0 Å². The summed E-state index contributed by atoms with van der Waals surface area (Å²) in [5, 5.41) is 0.802. The fourth-order valence-electron chi connectivity index (χ4n) is 4.68. The fraction of sp³-hybridized carbons (Fsp3) is 0.375. The normalized spacial score (nSPS) is 17.3. The minimum atomic E-state index is -3.86. The number of hydrogen-bond donors (Lipinski definition) is 2. The number of carbonyl (C=O) groups excluding carboxylic acids is 1. The molecule has 0 saturated carbocycles. The maximum absolute atomic E-state index is 13.3. The smallest absolute Gasteiger partial charge is 0.262 e. The molecule has 2 heterocycles. The number of aromatic amines is 1. The van der Waals surface area contributed by atoms with Gasteiger partial charge in [0, 0.05) is 34.6 Å². The largest absolute Gasteiger partial charge is 0.486 e. The first-order valence-corrected chi connectivity index (χ1v) is 12.3. The van der Waals surface area contributed by atoms with Gasteiger partial charge in [-0.2, -0.15) is 0 Å². The van der Waals surface area contributed by atoms with Gasteiger partial charge in [0.15, 0.2) is 17.3 Å². The number of Topliss-reactive ketones (excluding diaryl/α,β-unsaturated/α-hetero) is 1. The lowest BCUT2D eigenvalue weighted by Crippen LogP contribution is -2.26. The van der Waals surface area contributed by atoms with Crippen LogP contribution in [-0.2, 0) is 22.9 Å². The summed E-state index contributed by atoms with van der Waals surface area (Å²) in [6.45, 7) is 6.95. The number of rotatable bonds is 4. The lowest BCUT2D eigenvalue weighted by Gasteiger charge is -2.28. The molecule has 0 unspecified atom stereocenters. The first kappa shape index (κ1) is 20.9. The van der Waals surface area contributed by atoms with Crippen molar-refractivity contribution in [1.29, 1.82) is 0 Å². The van der Waals surface area contributed by atoms with Crippen LogP contribution >= 0.6 is 0 Å². The Kier molecular flexibility index (Phi) is 4.74. The zero-order valence-corrected chi connectivity index (χ0v) is 19.2. The van der Waals surface area contributed by atoms with E-state index in [0.29, 0.717) is 59.9 Å². The summed E-state index contributed by atoms with van der Waals surface area (Å²) in [4.78, 5) is 16.4. The van der Waals surface area contributed by atoms with Crippen LogP contribution in [0.5, 0.6) is 11.5 Å². The second-order valence-corrected chi connectivity index (χ2v) is 10.9. The van der Waals surface area contributed by atoms with Crippen molar-refractivity contribution in [3.63, 3.8) is 0 Å². The predicted molar refractivity (Wildman–Crippen MR) is 122 cm³/mol. The second-order valence-electron chi connectivity index (χ2n) is 9.24. The monoisotopic (exact) mass is 454 g/mol. The van der Waals surface area contributed by atoms with Gasteiger partial charge in [0.2, 0.25) is 0 Å². The molecule has 3 aromatic rings. The van der Waals surface area contributed by atoms with Crippen molar-refractivity contribution in [3.8, 4) is 11.5 Å². The number of hydrogen-bond acceptors (Lipinski definition) is 5. The number of aromatic nitrogens is 1. The van der Waals surface area contributed by atoms with E-state index in [1.807, 2.05) is 13.0 Å². The van der Waals surface area contributed by atoms with E-state index < -0.39 is 10.0 Å². The zero-order chi connectivity index (χ0) is 22.7. The van der Waals surface area contributed by atoms with Crippen LogP contribution < -0.4 is 14.2 Å². The fourth-order valence-corrected chi connectivity index (χ4v) is 6.05. The molecule has 1 aromatic heterocycles. The summed E-state index contributed by atoms with van der Waals surface area (Å²) in [5.74, 6) is 1.22. The van der Waals surface area contributed by atoms with E-state index in [4.69, 9.17) is 9.47 Å². The molecule has 0 bridgehead atoms. The van der Waals surface area contributed by atoms with E-state index in [2.05, 4.69) is 23.6 Å². The maximum Gasteiger partial charge on any atom is 0.262 e. The quantitative estimate of drug-likeness (QED) is 0.607. The van der Waals surface area contributed by atoms with E-state index in [9.17, 15) is 13.2 Å². The van der Waals surface area contributed by atoms with Gasteiger partial charge in [-0.1, -0.05) is 20.8 Å². The third-order valence-electron chi connectivity index (χ3n) is 6.10. The van der Waals surface area contributed by atoms with Crippen LogP contribution in [0.1, 0.15) is 48.8 Å². The molecule has 2 N–H and O–H groups in total. The van der Waals surface area contributed by atoms with Gasteiger partial charge < -0.3 is 14.5 Å². The Morgan fingerprint density at radius 2 is 1.81 bits per heavy atom. The van der Waals surface area contributed by atoms with Crippen LogP contribution in [0, 0.1) is 5.41 Å². The summed E-state index contributed by atoms with van der Waals surface area (Å²) in [6.07, 6.45) is 1.76. The van der Waals surface area contributed by atoms with Crippen LogP contribution in [-0.4, -0.2) is 32.4 Å². The highest BCUT2D eigenvalue weighted by Crippen LogP contribution is 2.39. The molecule has 1 aliphatic carbocycles. The maximum atomic E-state index is 13.3. The number of aryl methyl sites for hydroxylation is 1. The average Bonchev–Trinajstić information content (AvgIpc) is 3.08. The summed E-state index contributed by atoms with van der Waals surface area (Å²) in [6, 6.07) is 8.47. The Bertz CT molecular complexity index is 1350. The van der Waals surface area contributed by atoms with Gasteiger partial charge in [-0.25, -0.2) is 8.42 Å². The molecule has 8 heteroatoms. The van der Waals surface area contributed by atoms with Crippen molar-refractivity contribution < 1.29 is 22.7 Å². The molecular weight excluding hydrogens is 428 g/mol. The Hall–Kier alpha value is -3.00. The van der Waals surface area contributed by atoms with Gasteiger partial charge in [-0.15, -0.1) is 0 Å². The molecule has 0 saturated heterocycles. The van der Waals surface area contributed by atoms with Crippen LogP contribution in [0.25, 0.3) is 10.9 Å².